The van der Waals surface area contributed by atoms with Crippen molar-refractivity contribution in [1.29, 1.82) is 0 Å². The van der Waals surface area contributed by atoms with Crippen LogP contribution in [0.4, 0.5) is 0 Å². The van der Waals surface area contributed by atoms with E-state index in [1.807, 2.05) is 0 Å². The first kappa shape index (κ1) is 14.1. The Labute approximate surface area is 122 Å². The van der Waals surface area contributed by atoms with Crippen LogP contribution in [0.15, 0.2) is 6.07 Å². The Morgan fingerprint density at radius 2 is 2.00 bits per heavy atom. The molecule has 1 aliphatic heterocycles. The zero-order valence-electron chi connectivity index (χ0n) is 12.9. The molecule has 4 heteroatoms. The second-order valence-electron chi connectivity index (χ2n) is 6.49. The van der Waals surface area contributed by atoms with Crippen molar-refractivity contribution in [3.63, 3.8) is 0 Å². The molecular formula is C16H28N4. The number of piperidine rings is 1. The fraction of sp³-hybridized carbons (Fsp3) is 0.812. The molecule has 20 heavy (non-hydrogen) atoms. The van der Waals surface area contributed by atoms with Crippen LogP contribution < -0.4 is 5.32 Å². The summed E-state index contributed by atoms with van der Waals surface area (Å²) in [6.45, 7) is 10.0. The lowest BCUT2D eigenvalue weighted by atomic mass is 9.96. The largest absolute Gasteiger partial charge is 0.314 e. The van der Waals surface area contributed by atoms with Gasteiger partial charge in [-0.15, -0.1) is 0 Å². The van der Waals surface area contributed by atoms with Crippen molar-refractivity contribution in [1.82, 2.24) is 20.0 Å². The molecule has 1 aromatic rings. The van der Waals surface area contributed by atoms with Gasteiger partial charge in [0.15, 0.2) is 0 Å². The molecule has 0 unspecified atom stereocenters. The second-order valence-corrected chi connectivity index (χ2v) is 6.49. The van der Waals surface area contributed by atoms with E-state index in [0.29, 0.717) is 0 Å². The quantitative estimate of drug-likeness (QED) is 0.864. The number of nitrogens with zero attached hydrogens (tertiary/aromatic N) is 3. The summed E-state index contributed by atoms with van der Waals surface area (Å²) < 4.78 is 2.15. The minimum absolute atomic E-state index is 0.856. The summed E-state index contributed by atoms with van der Waals surface area (Å²) in [5.74, 6) is 0.893. The highest BCUT2D eigenvalue weighted by Gasteiger charge is 2.24. The summed E-state index contributed by atoms with van der Waals surface area (Å²) in [5, 5.41) is 8.23. The third-order valence-electron chi connectivity index (χ3n) is 4.65. The lowest BCUT2D eigenvalue weighted by Crippen LogP contribution is -2.37. The van der Waals surface area contributed by atoms with E-state index in [9.17, 15) is 0 Å². The monoisotopic (exact) mass is 276 g/mol. The van der Waals surface area contributed by atoms with Gasteiger partial charge in [-0.3, -0.25) is 9.58 Å². The molecule has 1 N–H and O–H groups in total. The van der Waals surface area contributed by atoms with E-state index in [1.165, 1.54) is 51.0 Å². The van der Waals surface area contributed by atoms with Gasteiger partial charge in [-0.1, -0.05) is 0 Å². The Hall–Kier alpha value is -0.870. The van der Waals surface area contributed by atoms with Crippen molar-refractivity contribution in [2.45, 2.75) is 58.7 Å². The van der Waals surface area contributed by atoms with Gasteiger partial charge in [-0.05, 0) is 71.1 Å². The lowest BCUT2D eigenvalue weighted by Gasteiger charge is -2.32. The SMILES string of the molecule is CCn1nc(C)cc1CN1CCC(CNC2CC2)CC1. The Bertz CT molecular complexity index is 428. The van der Waals surface area contributed by atoms with E-state index < -0.39 is 0 Å². The summed E-state index contributed by atoms with van der Waals surface area (Å²) >= 11 is 0. The van der Waals surface area contributed by atoms with Crippen LogP contribution in [0.2, 0.25) is 0 Å². The molecule has 0 bridgehead atoms. The van der Waals surface area contributed by atoms with Crippen molar-refractivity contribution >= 4 is 0 Å². The molecule has 2 fully saturated rings. The van der Waals surface area contributed by atoms with Crippen LogP contribution in [-0.4, -0.2) is 40.4 Å². The third kappa shape index (κ3) is 3.61. The number of aryl methyl sites for hydroxylation is 2. The maximum absolute atomic E-state index is 4.55. The fourth-order valence-corrected chi connectivity index (χ4v) is 3.20. The first-order valence-corrected chi connectivity index (χ1v) is 8.23. The molecule has 1 saturated carbocycles. The van der Waals surface area contributed by atoms with Crippen LogP contribution in [0.1, 0.15) is 44.0 Å². The fourth-order valence-electron chi connectivity index (χ4n) is 3.20. The maximum atomic E-state index is 4.55. The van der Waals surface area contributed by atoms with Crippen LogP contribution in [-0.2, 0) is 13.1 Å². The molecule has 112 valence electrons. The Kier molecular flexibility index (Phi) is 4.41. The number of likely N-dealkylation sites (tertiary alicyclic amines) is 1. The molecule has 1 aromatic heterocycles. The zero-order valence-corrected chi connectivity index (χ0v) is 12.9. The lowest BCUT2D eigenvalue weighted by molar-refractivity contribution is 0.171. The van der Waals surface area contributed by atoms with Gasteiger partial charge in [0.25, 0.3) is 0 Å². The van der Waals surface area contributed by atoms with Gasteiger partial charge < -0.3 is 5.32 Å². The average Bonchev–Trinajstić information content (AvgIpc) is 3.21. The minimum atomic E-state index is 0.856. The molecule has 3 rings (SSSR count). The molecule has 0 spiro atoms. The Balaban J connectivity index is 1.45. The van der Waals surface area contributed by atoms with Crippen LogP contribution in [0.3, 0.4) is 0 Å². The van der Waals surface area contributed by atoms with Crippen LogP contribution in [0, 0.1) is 12.8 Å². The summed E-state index contributed by atoms with van der Waals surface area (Å²) in [6.07, 6.45) is 5.50. The topological polar surface area (TPSA) is 33.1 Å². The highest BCUT2D eigenvalue weighted by atomic mass is 15.3. The van der Waals surface area contributed by atoms with Gasteiger partial charge in [-0.2, -0.15) is 5.10 Å². The van der Waals surface area contributed by atoms with Gasteiger partial charge in [0.1, 0.15) is 0 Å². The van der Waals surface area contributed by atoms with Crippen molar-refractivity contribution in [2.24, 2.45) is 5.92 Å². The van der Waals surface area contributed by atoms with Gasteiger partial charge in [0, 0.05) is 19.1 Å². The van der Waals surface area contributed by atoms with Crippen molar-refractivity contribution in [3.05, 3.63) is 17.5 Å². The van der Waals surface area contributed by atoms with Crippen LogP contribution >= 0.6 is 0 Å². The molecule has 0 amide bonds. The van der Waals surface area contributed by atoms with E-state index in [2.05, 4.69) is 39.9 Å². The van der Waals surface area contributed by atoms with E-state index in [1.54, 1.807) is 0 Å². The predicted molar refractivity (Wildman–Crippen MR) is 81.7 cm³/mol. The number of nitrogens with one attached hydrogen (secondary N) is 1. The second kappa shape index (κ2) is 6.27. The van der Waals surface area contributed by atoms with Crippen molar-refractivity contribution in [3.8, 4) is 0 Å². The maximum Gasteiger partial charge on any atom is 0.0597 e. The molecule has 0 aromatic carbocycles. The van der Waals surface area contributed by atoms with Crippen molar-refractivity contribution in [2.75, 3.05) is 19.6 Å². The first-order chi connectivity index (χ1) is 9.74. The summed E-state index contributed by atoms with van der Waals surface area (Å²) in [5.41, 5.74) is 2.52. The smallest absolute Gasteiger partial charge is 0.0597 e. The van der Waals surface area contributed by atoms with Crippen LogP contribution in [0.25, 0.3) is 0 Å². The highest BCUT2D eigenvalue weighted by Crippen LogP contribution is 2.22. The summed E-state index contributed by atoms with van der Waals surface area (Å²) in [6, 6.07) is 3.10. The van der Waals surface area contributed by atoms with Gasteiger partial charge in [0.05, 0.1) is 11.4 Å². The number of aromatic nitrogens is 2. The van der Waals surface area contributed by atoms with E-state index in [-0.39, 0.29) is 0 Å². The molecule has 1 aliphatic carbocycles. The van der Waals surface area contributed by atoms with E-state index in [4.69, 9.17) is 0 Å². The van der Waals surface area contributed by atoms with E-state index in [0.717, 1.165) is 30.7 Å². The molecule has 2 heterocycles. The summed E-state index contributed by atoms with van der Waals surface area (Å²) in [4.78, 5) is 2.59. The molecule has 1 saturated heterocycles. The number of rotatable bonds is 6. The van der Waals surface area contributed by atoms with E-state index >= 15 is 0 Å². The van der Waals surface area contributed by atoms with Crippen molar-refractivity contribution < 1.29 is 0 Å². The van der Waals surface area contributed by atoms with Crippen LogP contribution in [0.5, 0.6) is 0 Å². The van der Waals surface area contributed by atoms with Gasteiger partial charge in [-0.25, -0.2) is 0 Å². The average molecular weight is 276 g/mol. The zero-order chi connectivity index (χ0) is 13.9. The van der Waals surface area contributed by atoms with Gasteiger partial charge >= 0.3 is 0 Å². The Morgan fingerprint density at radius 1 is 1.25 bits per heavy atom. The highest BCUT2D eigenvalue weighted by molar-refractivity contribution is 5.09. The Morgan fingerprint density at radius 3 is 2.65 bits per heavy atom. The first-order valence-electron chi connectivity index (χ1n) is 8.23. The minimum Gasteiger partial charge on any atom is -0.314 e. The molecule has 2 aliphatic rings. The molecule has 0 atom stereocenters. The van der Waals surface area contributed by atoms with Gasteiger partial charge in [0.2, 0.25) is 0 Å². The normalized spacial score (nSPS) is 21.5. The predicted octanol–water partition coefficient (Wildman–Crippen LogP) is 2.18. The standard InChI is InChI=1S/C16H28N4/c1-3-20-16(10-13(2)18-20)12-19-8-6-14(7-9-19)11-17-15-4-5-15/h10,14-15,17H,3-9,11-12H2,1-2H3. The summed E-state index contributed by atoms with van der Waals surface area (Å²) in [7, 11) is 0. The third-order valence-corrected chi connectivity index (χ3v) is 4.65. The molecular weight excluding hydrogens is 248 g/mol. The number of hydrogen-bond acceptors (Lipinski definition) is 3. The number of hydrogen-bond donors (Lipinski definition) is 1. The molecule has 0 radical (unpaired) electrons. The molecule has 4 nitrogen and oxygen atoms in total.